The normalized spacial score (nSPS) is 10.3. The molecule has 1 aromatic heterocycles. The molecule has 138 valence electrons. The van der Waals surface area contributed by atoms with Crippen molar-refractivity contribution in [3.63, 3.8) is 0 Å². The monoisotopic (exact) mass is 382 g/mol. The third kappa shape index (κ3) is 5.18. The molecule has 0 unspecified atom stereocenters. The van der Waals surface area contributed by atoms with Gasteiger partial charge in [-0.1, -0.05) is 29.8 Å². The Morgan fingerprint density at radius 3 is 2.41 bits per heavy atom. The van der Waals surface area contributed by atoms with Crippen LogP contribution in [0.2, 0.25) is 5.02 Å². The van der Waals surface area contributed by atoms with Crippen LogP contribution in [0.4, 0.5) is 17.3 Å². The number of para-hydroxylation sites is 1. The Kier molecular flexibility index (Phi) is 6.22. The van der Waals surface area contributed by atoms with Crippen LogP contribution in [-0.2, 0) is 4.79 Å². The van der Waals surface area contributed by atoms with Crippen molar-refractivity contribution in [2.45, 2.75) is 6.92 Å². The summed E-state index contributed by atoms with van der Waals surface area (Å²) < 4.78 is 5.41. The molecule has 2 aromatic carbocycles. The number of carbonyl (C=O) groups excluding carboxylic acids is 1. The van der Waals surface area contributed by atoms with Crippen molar-refractivity contribution in [2.75, 3.05) is 23.4 Å². The predicted molar refractivity (Wildman–Crippen MR) is 107 cm³/mol. The highest BCUT2D eigenvalue weighted by Crippen LogP contribution is 2.22. The Morgan fingerprint density at radius 1 is 1.04 bits per heavy atom. The number of amides is 1. The quantitative estimate of drug-likeness (QED) is 0.659. The van der Waals surface area contributed by atoms with Crippen LogP contribution in [0, 0.1) is 0 Å². The van der Waals surface area contributed by atoms with Gasteiger partial charge in [0.1, 0.15) is 5.75 Å². The highest BCUT2D eigenvalue weighted by molar-refractivity contribution is 6.30. The standard InChI is InChI=1S/C20H19ClN4O2/c1-2-25(16-6-4-3-5-7-16)19-13-12-18(23-24-19)22-20(26)14-27-17-10-8-15(21)9-11-17/h3-13H,2,14H2,1H3,(H,22,23,26). The van der Waals surface area contributed by atoms with Crippen molar-refractivity contribution in [1.82, 2.24) is 10.2 Å². The molecule has 0 saturated heterocycles. The first-order valence-electron chi connectivity index (χ1n) is 8.50. The Balaban J connectivity index is 1.58. The molecule has 1 amide bonds. The number of ether oxygens (including phenoxy) is 1. The molecule has 3 rings (SSSR count). The molecule has 0 spiro atoms. The van der Waals surface area contributed by atoms with E-state index in [2.05, 4.69) is 15.5 Å². The van der Waals surface area contributed by atoms with Crippen molar-refractivity contribution in [3.8, 4) is 5.75 Å². The van der Waals surface area contributed by atoms with Gasteiger partial charge in [0.05, 0.1) is 0 Å². The van der Waals surface area contributed by atoms with Crippen LogP contribution in [0.1, 0.15) is 6.92 Å². The number of aromatic nitrogens is 2. The molecule has 0 aliphatic heterocycles. The number of nitrogens with one attached hydrogen (secondary N) is 1. The average molecular weight is 383 g/mol. The van der Waals surface area contributed by atoms with Gasteiger partial charge in [-0.15, -0.1) is 10.2 Å². The lowest BCUT2D eigenvalue weighted by Gasteiger charge is -2.21. The molecule has 0 fully saturated rings. The number of halogens is 1. The van der Waals surface area contributed by atoms with E-state index in [1.807, 2.05) is 48.2 Å². The molecule has 1 heterocycles. The van der Waals surface area contributed by atoms with Crippen molar-refractivity contribution in [1.29, 1.82) is 0 Å². The lowest BCUT2D eigenvalue weighted by atomic mass is 10.3. The first-order valence-corrected chi connectivity index (χ1v) is 8.88. The molecule has 0 bridgehead atoms. The number of nitrogens with zero attached hydrogens (tertiary/aromatic N) is 3. The van der Waals surface area contributed by atoms with Crippen LogP contribution < -0.4 is 15.0 Å². The van der Waals surface area contributed by atoms with Gasteiger partial charge in [-0.2, -0.15) is 0 Å². The van der Waals surface area contributed by atoms with E-state index >= 15 is 0 Å². The second kappa shape index (κ2) is 9.00. The third-order valence-electron chi connectivity index (χ3n) is 3.76. The zero-order valence-electron chi connectivity index (χ0n) is 14.8. The van der Waals surface area contributed by atoms with E-state index in [-0.39, 0.29) is 12.5 Å². The molecule has 1 N–H and O–H groups in total. The number of hydrogen-bond donors (Lipinski definition) is 1. The summed E-state index contributed by atoms with van der Waals surface area (Å²) in [7, 11) is 0. The van der Waals surface area contributed by atoms with Crippen LogP contribution in [0.25, 0.3) is 0 Å². The minimum atomic E-state index is -0.317. The highest BCUT2D eigenvalue weighted by atomic mass is 35.5. The predicted octanol–water partition coefficient (Wildman–Crippen LogP) is 4.31. The molecule has 0 radical (unpaired) electrons. The van der Waals surface area contributed by atoms with E-state index in [9.17, 15) is 4.79 Å². The van der Waals surface area contributed by atoms with E-state index in [1.54, 1.807) is 30.3 Å². The minimum absolute atomic E-state index is 0.129. The fourth-order valence-electron chi connectivity index (χ4n) is 2.48. The summed E-state index contributed by atoms with van der Waals surface area (Å²) >= 11 is 5.81. The lowest BCUT2D eigenvalue weighted by Crippen LogP contribution is -2.22. The summed E-state index contributed by atoms with van der Waals surface area (Å²) in [5.41, 5.74) is 1.03. The molecule has 7 heteroatoms. The van der Waals surface area contributed by atoms with Gasteiger partial charge in [0, 0.05) is 17.3 Å². The highest BCUT2D eigenvalue weighted by Gasteiger charge is 2.10. The first-order chi connectivity index (χ1) is 13.2. The van der Waals surface area contributed by atoms with Crippen molar-refractivity contribution in [2.24, 2.45) is 0 Å². The molecule has 0 saturated carbocycles. The number of hydrogen-bond acceptors (Lipinski definition) is 5. The topological polar surface area (TPSA) is 67.4 Å². The minimum Gasteiger partial charge on any atom is -0.484 e. The van der Waals surface area contributed by atoms with Gasteiger partial charge in [-0.3, -0.25) is 4.79 Å². The summed E-state index contributed by atoms with van der Waals surface area (Å²) in [5.74, 6) is 1.33. The molecule has 3 aromatic rings. The zero-order chi connectivity index (χ0) is 19.1. The Morgan fingerprint density at radius 2 is 1.78 bits per heavy atom. The van der Waals surface area contributed by atoms with Crippen LogP contribution in [0.5, 0.6) is 5.75 Å². The van der Waals surface area contributed by atoms with E-state index in [0.29, 0.717) is 22.4 Å². The zero-order valence-corrected chi connectivity index (χ0v) is 15.6. The lowest BCUT2D eigenvalue weighted by molar-refractivity contribution is -0.118. The van der Waals surface area contributed by atoms with Crippen molar-refractivity contribution in [3.05, 3.63) is 71.8 Å². The fourth-order valence-corrected chi connectivity index (χ4v) is 2.61. The largest absolute Gasteiger partial charge is 0.484 e. The van der Waals surface area contributed by atoms with Crippen LogP contribution in [0.3, 0.4) is 0 Å². The number of benzene rings is 2. The van der Waals surface area contributed by atoms with Gasteiger partial charge >= 0.3 is 0 Å². The maximum absolute atomic E-state index is 12.0. The number of anilines is 3. The Labute approximate surface area is 162 Å². The molecule has 0 atom stereocenters. The van der Waals surface area contributed by atoms with Gasteiger partial charge in [0.15, 0.2) is 18.2 Å². The van der Waals surface area contributed by atoms with Crippen molar-refractivity contribution >= 4 is 34.8 Å². The molecule has 0 aliphatic carbocycles. The Bertz CT molecular complexity index is 871. The summed E-state index contributed by atoms with van der Waals surface area (Å²) in [5, 5.41) is 11.6. The summed E-state index contributed by atoms with van der Waals surface area (Å²) in [6.45, 7) is 2.66. The number of carbonyl (C=O) groups is 1. The maximum Gasteiger partial charge on any atom is 0.263 e. The molecular weight excluding hydrogens is 364 g/mol. The van der Waals surface area contributed by atoms with Gasteiger partial charge in [-0.25, -0.2) is 0 Å². The Hall–Kier alpha value is -3.12. The van der Waals surface area contributed by atoms with E-state index in [1.165, 1.54) is 0 Å². The first kappa shape index (κ1) is 18.7. The second-order valence-electron chi connectivity index (χ2n) is 5.65. The van der Waals surface area contributed by atoms with Gasteiger partial charge < -0.3 is 15.0 Å². The fraction of sp³-hybridized carbons (Fsp3) is 0.150. The summed E-state index contributed by atoms with van der Waals surface area (Å²) in [6, 6.07) is 20.3. The van der Waals surface area contributed by atoms with Crippen LogP contribution >= 0.6 is 11.6 Å². The summed E-state index contributed by atoms with van der Waals surface area (Å²) in [6.07, 6.45) is 0. The van der Waals surface area contributed by atoms with Crippen LogP contribution in [0.15, 0.2) is 66.7 Å². The van der Waals surface area contributed by atoms with Gasteiger partial charge in [-0.05, 0) is 55.5 Å². The average Bonchev–Trinajstić information content (AvgIpc) is 2.70. The van der Waals surface area contributed by atoms with Crippen molar-refractivity contribution < 1.29 is 9.53 Å². The summed E-state index contributed by atoms with van der Waals surface area (Å²) in [4.78, 5) is 14.0. The molecule has 27 heavy (non-hydrogen) atoms. The second-order valence-corrected chi connectivity index (χ2v) is 6.08. The molecule has 6 nitrogen and oxygen atoms in total. The molecular formula is C20H19ClN4O2. The van der Waals surface area contributed by atoms with Gasteiger partial charge in [0.2, 0.25) is 0 Å². The van der Waals surface area contributed by atoms with Crippen LogP contribution in [-0.4, -0.2) is 29.3 Å². The van der Waals surface area contributed by atoms with E-state index < -0.39 is 0 Å². The number of rotatable bonds is 7. The smallest absolute Gasteiger partial charge is 0.263 e. The third-order valence-corrected chi connectivity index (χ3v) is 4.01. The molecule has 0 aliphatic rings. The van der Waals surface area contributed by atoms with Gasteiger partial charge in [0.25, 0.3) is 5.91 Å². The SMILES string of the molecule is CCN(c1ccccc1)c1ccc(NC(=O)COc2ccc(Cl)cc2)nn1. The van der Waals surface area contributed by atoms with E-state index in [4.69, 9.17) is 16.3 Å². The maximum atomic E-state index is 12.0. The van der Waals surface area contributed by atoms with E-state index in [0.717, 1.165) is 12.2 Å².